The molecule has 0 aromatic carbocycles. The van der Waals surface area contributed by atoms with E-state index in [4.69, 9.17) is 4.74 Å². The Kier molecular flexibility index (Phi) is 2.01. The fraction of sp³-hybridized carbons (Fsp3) is 0.909. The first-order valence-corrected chi connectivity index (χ1v) is 5.78. The maximum Gasteiger partial charge on any atom is 0.311 e. The van der Waals surface area contributed by atoms with Gasteiger partial charge in [-0.15, -0.1) is 0 Å². The zero-order valence-electron chi connectivity index (χ0n) is 8.37. The first-order valence-electron chi connectivity index (χ1n) is 5.78. The first-order chi connectivity index (χ1) is 6.84. The van der Waals surface area contributed by atoms with E-state index in [9.17, 15) is 4.79 Å². The topological polar surface area (TPSA) is 38.3 Å². The molecule has 0 aromatic heterocycles. The van der Waals surface area contributed by atoms with E-state index in [0.717, 1.165) is 19.4 Å². The smallest absolute Gasteiger partial charge is 0.311 e. The molecule has 1 N–H and O–H groups in total. The van der Waals surface area contributed by atoms with Gasteiger partial charge >= 0.3 is 5.97 Å². The van der Waals surface area contributed by atoms with Gasteiger partial charge in [0, 0.05) is 6.04 Å². The molecule has 2 aliphatic heterocycles. The van der Waals surface area contributed by atoms with Crippen molar-refractivity contribution in [3.05, 3.63) is 0 Å². The Balaban J connectivity index is 1.55. The van der Waals surface area contributed by atoms with Gasteiger partial charge in [0.25, 0.3) is 0 Å². The summed E-state index contributed by atoms with van der Waals surface area (Å²) in [6.07, 6.45) is 6.05. The molecule has 4 rings (SSSR count). The average molecular weight is 195 g/mol. The predicted molar refractivity (Wildman–Crippen MR) is 51.7 cm³/mol. The Morgan fingerprint density at radius 1 is 1.29 bits per heavy atom. The van der Waals surface area contributed by atoms with Crippen LogP contribution in [-0.4, -0.2) is 24.7 Å². The molecule has 3 nitrogen and oxygen atoms in total. The van der Waals surface area contributed by atoms with Crippen molar-refractivity contribution >= 4 is 5.97 Å². The van der Waals surface area contributed by atoms with Crippen LogP contribution in [0.4, 0.5) is 0 Å². The number of rotatable bonds is 2. The molecule has 3 atom stereocenters. The molecule has 4 fully saturated rings. The third-order valence-electron chi connectivity index (χ3n) is 4.00. The van der Waals surface area contributed by atoms with Crippen LogP contribution in [0.15, 0.2) is 0 Å². The predicted octanol–water partition coefficient (Wildman–Crippen LogP) is 1.08. The largest absolute Gasteiger partial charge is 0.462 e. The molecule has 2 aliphatic carbocycles. The number of carbonyl (C=O) groups excluding carboxylic acids is 1. The minimum absolute atomic E-state index is 0.0724. The molecule has 2 saturated carbocycles. The molecule has 0 radical (unpaired) electrons. The maximum absolute atomic E-state index is 11.8. The van der Waals surface area contributed by atoms with E-state index >= 15 is 0 Å². The van der Waals surface area contributed by atoms with Gasteiger partial charge < -0.3 is 10.1 Å². The SMILES string of the molecule is O=C(OC1CCCC1)C1C2CNC1C2. The van der Waals surface area contributed by atoms with Crippen molar-refractivity contribution in [3.8, 4) is 0 Å². The van der Waals surface area contributed by atoms with Crippen molar-refractivity contribution in [2.75, 3.05) is 6.54 Å². The summed E-state index contributed by atoms with van der Waals surface area (Å²) >= 11 is 0. The number of carbonyl (C=O) groups is 1. The van der Waals surface area contributed by atoms with E-state index in [1.807, 2.05) is 0 Å². The number of hydrogen-bond acceptors (Lipinski definition) is 3. The molecule has 0 amide bonds. The molecule has 0 spiro atoms. The second-order valence-electron chi connectivity index (χ2n) is 4.88. The average Bonchev–Trinajstić information content (AvgIpc) is 2.77. The molecule has 3 heteroatoms. The van der Waals surface area contributed by atoms with Crippen molar-refractivity contribution < 1.29 is 9.53 Å². The molecule has 14 heavy (non-hydrogen) atoms. The molecular weight excluding hydrogens is 178 g/mol. The number of nitrogens with one attached hydrogen (secondary N) is 1. The van der Waals surface area contributed by atoms with E-state index in [1.165, 1.54) is 19.3 Å². The van der Waals surface area contributed by atoms with Crippen LogP contribution in [0.1, 0.15) is 32.1 Å². The lowest BCUT2D eigenvalue weighted by atomic mass is 9.74. The lowest BCUT2D eigenvalue weighted by molar-refractivity contribution is -0.158. The monoisotopic (exact) mass is 195 g/mol. The first kappa shape index (κ1) is 8.72. The number of esters is 1. The number of hydrogen-bond donors (Lipinski definition) is 1. The van der Waals surface area contributed by atoms with Gasteiger partial charge in [0.05, 0.1) is 5.92 Å². The van der Waals surface area contributed by atoms with Gasteiger partial charge in [0.15, 0.2) is 0 Å². The molecule has 78 valence electrons. The van der Waals surface area contributed by atoms with Gasteiger partial charge in [-0.25, -0.2) is 0 Å². The molecular formula is C11H17NO2. The van der Waals surface area contributed by atoms with Crippen LogP contribution in [0.25, 0.3) is 0 Å². The second kappa shape index (κ2) is 3.23. The van der Waals surface area contributed by atoms with E-state index in [0.29, 0.717) is 12.0 Å². The molecule has 2 heterocycles. The van der Waals surface area contributed by atoms with Crippen LogP contribution in [0.2, 0.25) is 0 Å². The van der Waals surface area contributed by atoms with Crippen LogP contribution in [0, 0.1) is 11.8 Å². The van der Waals surface area contributed by atoms with Gasteiger partial charge in [-0.05, 0) is 44.6 Å². The molecule has 4 aliphatic rings. The fourth-order valence-corrected chi connectivity index (χ4v) is 3.08. The minimum atomic E-state index is 0.0724. The van der Waals surface area contributed by atoms with E-state index in [-0.39, 0.29) is 18.0 Å². The normalized spacial score (nSPS) is 41.0. The van der Waals surface area contributed by atoms with Crippen LogP contribution < -0.4 is 5.32 Å². The van der Waals surface area contributed by atoms with Crippen LogP contribution in [-0.2, 0) is 9.53 Å². The third kappa shape index (κ3) is 1.26. The zero-order valence-corrected chi connectivity index (χ0v) is 8.37. The lowest BCUT2D eigenvalue weighted by Crippen LogP contribution is -2.44. The van der Waals surface area contributed by atoms with Gasteiger partial charge in [0.1, 0.15) is 6.10 Å². The molecule has 2 saturated heterocycles. The van der Waals surface area contributed by atoms with Crippen LogP contribution in [0.5, 0.6) is 0 Å². The Bertz CT molecular complexity index is 234. The van der Waals surface area contributed by atoms with Gasteiger partial charge in [-0.3, -0.25) is 4.79 Å². The Morgan fingerprint density at radius 2 is 2.07 bits per heavy atom. The maximum atomic E-state index is 11.8. The van der Waals surface area contributed by atoms with Crippen molar-refractivity contribution in [3.63, 3.8) is 0 Å². The Morgan fingerprint density at radius 3 is 2.64 bits per heavy atom. The Hall–Kier alpha value is -0.570. The van der Waals surface area contributed by atoms with Crippen molar-refractivity contribution in [1.29, 1.82) is 0 Å². The van der Waals surface area contributed by atoms with Gasteiger partial charge in [-0.1, -0.05) is 0 Å². The number of fused-ring (bicyclic) bond motifs is 1. The Labute approximate surface area is 84.2 Å². The third-order valence-corrected chi connectivity index (χ3v) is 4.00. The zero-order chi connectivity index (χ0) is 9.54. The summed E-state index contributed by atoms with van der Waals surface area (Å²) in [6, 6.07) is 0.439. The highest BCUT2D eigenvalue weighted by atomic mass is 16.5. The number of ether oxygens (including phenoxy) is 1. The molecule has 3 unspecified atom stereocenters. The lowest BCUT2D eigenvalue weighted by Gasteiger charge is -2.33. The highest BCUT2D eigenvalue weighted by Gasteiger charge is 2.51. The van der Waals surface area contributed by atoms with Crippen LogP contribution >= 0.6 is 0 Å². The summed E-state index contributed by atoms with van der Waals surface area (Å²) < 4.78 is 5.52. The van der Waals surface area contributed by atoms with Gasteiger partial charge in [0.2, 0.25) is 0 Å². The quantitative estimate of drug-likeness (QED) is 0.670. The van der Waals surface area contributed by atoms with E-state index < -0.39 is 0 Å². The summed E-state index contributed by atoms with van der Waals surface area (Å²) in [4.78, 5) is 11.8. The summed E-state index contributed by atoms with van der Waals surface area (Å²) in [5.74, 6) is 0.840. The summed E-state index contributed by atoms with van der Waals surface area (Å²) in [5, 5.41) is 3.35. The standard InChI is InChI=1S/C11H17NO2/c13-11(14-8-3-1-2-4-8)10-7-5-9(10)12-6-7/h7-10,12H,1-6H2. The van der Waals surface area contributed by atoms with Crippen molar-refractivity contribution in [2.24, 2.45) is 11.8 Å². The molecule has 2 bridgehead atoms. The van der Waals surface area contributed by atoms with Crippen molar-refractivity contribution in [2.45, 2.75) is 44.2 Å². The molecule has 0 aromatic rings. The highest BCUT2D eigenvalue weighted by molar-refractivity contribution is 5.75. The van der Waals surface area contributed by atoms with Crippen LogP contribution in [0.3, 0.4) is 0 Å². The minimum Gasteiger partial charge on any atom is -0.462 e. The fourth-order valence-electron chi connectivity index (χ4n) is 3.08. The summed E-state index contributed by atoms with van der Waals surface area (Å²) in [6.45, 7) is 1.02. The highest BCUT2D eigenvalue weighted by Crippen LogP contribution is 2.41. The van der Waals surface area contributed by atoms with Gasteiger partial charge in [-0.2, -0.15) is 0 Å². The summed E-state index contributed by atoms with van der Waals surface area (Å²) in [7, 11) is 0. The van der Waals surface area contributed by atoms with Crippen molar-refractivity contribution in [1.82, 2.24) is 5.32 Å². The van der Waals surface area contributed by atoms with E-state index in [1.54, 1.807) is 0 Å². The van der Waals surface area contributed by atoms with E-state index in [2.05, 4.69) is 5.32 Å². The second-order valence-corrected chi connectivity index (χ2v) is 4.88. The summed E-state index contributed by atoms with van der Waals surface area (Å²) in [5.41, 5.74) is 0.